The number of phosphoric acid groups is 1. The van der Waals surface area contributed by atoms with Crippen molar-refractivity contribution in [2.24, 2.45) is 0 Å². The molecule has 0 bridgehead atoms. The Balaban J connectivity index is -0.0000000133. The Hall–Kier alpha value is 3.20. The van der Waals surface area contributed by atoms with Gasteiger partial charge in [-0.05, 0) is 0 Å². The second-order valence-electron chi connectivity index (χ2n) is 0.513. The van der Waals surface area contributed by atoms with Gasteiger partial charge in [0.15, 0.2) is 0 Å². The third-order valence-electron chi connectivity index (χ3n) is 0. The van der Waals surface area contributed by atoms with Crippen LogP contribution in [-0.4, -0.2) is 63.6 Å². The van der Waals surface area contributed by atoms with E-state index in [2.05, 4.69) is 0 Å². The molecule has 7 heteroatoms. The minimum absolute atomic E-state index is 0. The van der Waals surface area contributed by atoms with Crippen molar-refractivity contribution in [3.05, 3.63) is 0 Å². The molecular formula is H5BaO4PYb. The second kappa shape index (κ2) is 7.31. The first kappa shape index (κ1) is 16.7. The monoisotopic (exact) mass is 412 g/mol. The maximum atomic E-state index is 8.88. The summed E-state index contributed by atoms with van der Waals surface area (Å²) in [5.41, 5.74) is 0. The average Bonchev–Trinajstić information content (AvgIpc) is 0.722. The summed E-state index contributed by atoms with van der Waals surface area (Å²) in [7, 11) is -4.64. The third-order valence-corrected chi connectivity index (χ3v) is 0. The van der Waals surface area contributed by atoms with Gasteiger partial charge in [-0.15, -0.1) is 0 Å². The number of hydrogen-bond donors (Lipinski definition) is 3. The Labute approximate surface area is 123 Å². The number of rotatable bonds is 0. The Morgan fingerprint density at radius 3 is 1.29 bits per heavy atom. The maximum Gasteiger partial charge on any atom is 2.00 e. The van der Waals surface area contributed by atoms with Crippen LogP contribution in [0.2, 0.25) is 0 Å². The molecule has 0 rings (SSSR count). The summed E-state index contributed by atoms with van der Waals surface area (Å²) in [5, 5.41) is 0. The average molecular weight is 410 g/mol. The fourth-order valence-corrected chi connectivity index (χ4v) is 0. The van der Waals surface area contributed by atoms with Crippen molar-refractivity contribution in [1.82, 2.24) is 0 Å². The predicted molar refractivity (Wildman–Crippen MR) is 22.2 cm³/mol. The largest absolute Gasteiger partial charge is 2.00 e. The van der Waals surface area contributed by atoms with Crippen LogP contribution in [0.5, 0.6) is 0 Å². The summed E-state index contributed by atoms with van der Waals surface area (Å²) in [4.78, 5) is 21.6. The van der Waals surface area contributed by atoms with Crippen molar-refractivity contribution in [3.63, 3.8) is 0 Å². The SMILES string of the molecule is O=P(O)(O)O.[Ba+2].[H-].[H-].[Yb]. The molecule has 0 heterocycles. The molecule has 0 radical (unpaired) electrons. The zero-order valence-corrected chi connectivity index (χ0v) is 10.2. The zero-order valence-electron chi connectivity index (χ0n) is 5.17. The second-order valence-corrected chi connectivity index (χ2v) is 1.54. The summed E-state index contributed by atoms with van der Waals surface area (Å²) >= 11 is 0. The molecule has 0 saturated carbocycles. The first-order chi connectivity index (χ1) is 2.00. The van der Waals surface area contributed by atoms with Gasteiger partial charge in [-0.1, -0.05) is 0 Å². The quantitative estimate of drug-likeness (QED) is 0.351. The van der Waals surface area contributed by atoms with Crippen molar-refractivity contribution in [1.29, 1.82) is 0 Å². The van der Waals surface area contributed by atoms with Crippen molar-refractivity contribution < 1.29 is 69.0 Å². The van der Waals surface area contributed by atoms with Crippen molar-refractivity contribution in [3.8, 4) is 0 Å². The molecule has 0 saturated heterocycles. The van der Waals surface area contributed by atoms with E-state index < -0.39 is 7.82 Å². The molecule has 0 fully saturated rings. The molecular weight excluding hydrogens is 405 g/mol. The minimum atomic E-state index is -4.64. The number of hydrogen-bond acceptors (Lipinski definition) is 1. The van der Waals surface area contributed by atoms with Crippen molar-refractivity contribution in [2.45, 2.75) is 0 Å². The minimum Gasteiger partial charge on any atom is -1.00 e. The van der Waals surface area contributed by atoms with E-state index in [-0.39, 0.29) is 98.7 Å². The van der Waals surface area contributed by atoms with Crippen LogP contribution in [0.4, 0.5) is 0 Å². The van der Waals surface area contributed by atoms with E-state index >= 15 is 0 Å². The van der Waals surface area contributed by atoms with Gasteiger partial charge in [0.05, 0.1) is 0 Å². The van der Waals surface area contributed by atoms with E-state index in [0.717, 1.165) is 0 Å². The molecule has 0 aliphatic rings. The fourth-order valence-electron chi connectivity index (χ4n) is 0. The van der Waals surface area contributed by atoms with Crippen LogP contribution < -0.4 is 0 Å². The van der Waals surface area contributed by atoms with E-state index in [1.807, 2.05) is 0 Å². The van der Waals surface area contributed by atoms with Gasteiger partial charge in [0, 0.05) is 46.9 Å². The van der Waals surface area contributed by atoms with Gasteiger partial charge in [-0.25, -0.2) is 4.57 Å². The Bertz CT molecular complexity index is 64.7. The summed E-state index contributed by atoms with van der Waals surface area (Å²) in [6.07, 6.45) is 0. The van der Waals surface area contributed by atoms with E-state index in [1.54, 1.807) is 0 Å². The van der Waals surface area contributed by atoms with E-state index in [0.29, 0.717) is 0 Å². The first-order valence-electron chi connectivity index (χ1n) is 0.783. The molecule has 0 aliphatic heterocycles. The molecule has 0 unspecified atom stereocenters. The zero-order chi connectivity index (χ0) is 4.50. The van der Waals surface area contributed by atoms with Gasteiger partial charge in [0.2, 0.25) is 0 Å². The molecule has 4 nitrogen and oxygen atoms in total. The summed E-state index contributed by atoms with van der Waals surface area (Å²) in [6.45, 7) is 0. The van der Waals surface area contributed by atoms with Gasteiger partial charge in [0.25, 0.3) is 0 Å². The normalized spacial score (nSPS) is 8.43. The van der Waals surface area contributed by atoms with Gasteiger partial charge in [-0.3, -0.25) is 0 Å². The smallest absolute Gasteiger partial charge is 1.00 e. The Morgan fingerprint density at radius 2 is 1.29 bits per heavy atom. The molecule has 0 aromatic heterocycles. The first-order valence-corrected chi connectivity index (χ1v) is 2.35. The van der Waals surface area contributed by atoms with E-state index in [4.69, 9.17) is 19.2 Å². The fraction of sp³-hybridized carbons (Fsp3) is 0. The molecule has 7 heavy (non-hydrogen) atoms. The van der Waals surface area contributed by atoms with E-state index in [1.165, 1.54) is 0 Å². The van der Waals surface area contributed by atoms with Crippen molar-refractivity contribution in [2.75, 3.05) is 0 Å². The predicted octanol–water partition coefficient (Wildman–Crippen LogP) is -1.08. The Morgan fingerprint density at radius 1 is 1.29 bits per heavy atom. The molecule has 3 N–H and O–H groups in total. The molecule has 50 valence electrons. The molecule has 0 atom stereocenters. The van der Waals surface area contributed by atoms with Gasteiger partial charge in [-0.2, -0.15) is 0 Å². The van der Waals surface area contributed by atoms with Crippen LogP contribution >= 0.6 is 7.82 Å². The molecule has 0 aliphatic carbocycles. The standard InChI is InChI=1S/Ba.H3O4P.Yb.2H/c;1-5(2,3)4;;;/h;(H3,1,2,3,4);;;/q+2;;;2*-1. The molecule has 0 amide bonds. The molecule has 0 aromatic carbocycles. The van der Waals surface area contributed by atoms with Crippen LogP contribution in [0.15, 0.2) is 0 Å². The Kier molecular flexibility index (Phi) is 17.4. The van der Waals surface area contributed by atoms with Crippen LogP contribution in [-0.2, 0) is 4.57 Å². The topological polar surface area (TPSA) is 77.8 Å². The molecule has 0 spiro atoms. The summed E-state index contributed by atoms with van der Waals surface area (Å²) in [6, 6.07) is 0. The van der Waals surface area contributed by atoms with Crippen LogP contribution in [0.25, 0.3) is 0 Å². The third kappa shape index (κ3) is 46.6. The van der Waals surface area contributed by atoms with Gasteiger partial charge < -0.3 is 17.5 Å². The molecule has 0 aromatic rings. The van der Waals surface area contributed by atoms with Crippen LogP contribution in [0.3, 0.4) is 0 Å². The van der Waals surface area contributed by atoms with Crippen LogP contribution in [0.1, 0.15) is 2.85 Å². The van der Waals surface area contributed by atoms with E-state index in [9.17, 15) is 0 Å². The maximum absolute atomic E-state index is 8.88. The van der Waals surface area contributed by atoms with Gasteiger partial charge in [0.1, 0.15) is 0 Å². The van der Waals surface area contributed by atoms with Crippen molar-refractivity contribution >= 4 is 56.7 Å². The van der Waals surface area contributed by atoms with Gasteiger partial charge >= 0.3 is 56.7 Å². The summed E-state index contributed by atoms with van der Waals surface area (Å²) < 4.78 is 8.88. The summed E-state index contributed by atoms with van der Waals surface area (Å²) in [5.74, 6) is 0. The van der Waals surface area contributed by atoms with Crippen LogP contribution in [0, 0.1) is 46.9 Å².